The highest BCUT2D eigenvalue weighted by Crippen LogP contribution is 2.38. The van der Waals surface area contributed by atoms with E-state index < -0.39 is 10.0 Å². The fourth-order valence-corrected chi connectivity index (χ4v) is 6.01. The van der Waals surface area contributed by atoms with E-state index in [1.165, 1.54) is 4.90 Å². The summed E-state index contributed by atoms with van der Waals surface area (Å²) < 4.78 is 28.8. The Morgan fingerprint density at radius 1 is 0.968 bits per heavy atom. The number of amides is 2. The molecule has 0 bridgehead atoms. The first-order valence-electron chi connectivity index (χ1n) is 10.9. The van der Waals surface area contributed by atoms with E-state index in [4.69, 9.17) is 0 Å². The van der Waals surface area contributed by atoms with Crippen LogP contribution in [0.25, 0.3) is 0 Å². The second kappa shape index (κ2) is 8.46. The maximum Gasteiger partial charge on any atom is 0.262 e. The quantitative estimate of drug-likeness (QED) is 0.688. The van der Waals surface area contributed by atoms with E-state index in [-0.39, 0.29) is 35.1 Å². The largest absolute Gasteiger partial charge is 0.280 e. The molecule has 1 heterocycles. The minimum atomic E-state index is -3.81. The first kappa shape index (κ1) is 21.6. The number of carbonyl (C=O) groups excluding carboxylic acids is 2. The smallest absolute Gasteiger partial charge is 0.262 e. The van der Waals surface area contributed by atoms with Crippen LogP contribution in [0.2, 0.25) is 0 Å². The minimum Gasteiger partial charge on any atom is -0.280 e. The number of benzene rings is 2. The highest BCUT2D eigenvalue weighted by Gasteiger charge is 2.47. The van der Waals surface area contributed by atoms with E-state index in [0.717, 1.165) is 37.7 Å². The normalized spacial score (nSPS) is 21.3. The van der Waals surface area contributed by atoms with Crippen LogP contribution >= 0.6 is 0 Å². The number of imide groups is 1. The summed E-state index contributed by atoms with van der Waals surface area (Å²) in [4.78, 5) is 27.0. The van der Waals surface area contributed by atoms with E-state index >= 15 is 0 Å². The third-order valence-corrected chi connectivity index (χ3v) is 7.93. The maximum absolute atomic E-state index is 13.1. The summed E-state index contributed by atoms with van der Waals surface area (Å²) in [6, 6.07) is 12.4. The van der Waals surface area contributed by atoms with Gasteiger partial charge in [-0.3, -0.25) is 19.2 Å². The molecule has 31 heavy (non-hydrogen) atoms. The van der Waals surface area contributed by atoms with Gasteiger partial charge in [0.15, 0.2) is 0 Å². The number of carbonyl (C=O) groups is 2. The van der Waals surface area contributed by atoms with E-state index in [0.29, 0.717) is 16.8 Å². The number of hydrogen-bond donors (Lipinski definition) is 1. The predicted molar refractivity (Wildman–Crippen MR) is 119 cm³/mol. The predicted octanol–water partition coefficient (Wildman–Crippen LogP) is 4.03. The molecule has 4 rings (SSSR count). The van der Waals surface area contributed by atoms with Gasteiger partial charge in [-0.25, -0.2) is 8.42 Å². The van der Waals surface area contributed by atoms with Crippen molar-refractivity contribution in [2.45, 2.75) is 57.4 Å². The van der Waals surface area contributed by atoms with Crippen molar-refractivity contribution in [3.05, 3.63) is 59.2 Å². The molecule has 7 heteroatoms. The SMILES string of the molecule is CCc1cccc(NS(=O)(=O)c2cc(CN3C(=O)[C@H]4CCCC[C@@H]4C3=O)ccc2C)c1. The van der Waals surface area contributed by atoms with Crippen LogP contribution in [0.5, 0.6) is 0 Å². The van der Waals surface area contributed by atoms with Gasteiger partial charge in [-0.2, -0.15) is 0 Å². The number of likely N-dealkylation sites (tertiary alicyclic amines) is 1. The van der Waals surface area contributed by atoms with Gasteiger partial charge in [0.05, 0.1) is 23.3 Å². The molecule has 1 aliphatic heterocycles. The minimum absolute atomic E-state index is 0.110. The maximum atomic E-state index is 13.1. The molecule has 0 radical (unpaired) electrons. The van der Waals surface area contributed by atoms with Crippen LogP contribution in [-0.2, 0) is 32.6 Å². The van der Waals surface area contributed by atoms with Crippen LogP contribution in [-0.4, -0.2) is 25.1 Å². The van der Waals surface area contributed by atoms with Crippen molar-refractivity contribution in [1.29, 1.82) is 0 Å². The van der Waals surface area contributed by atoms with Crippen LogP contribution in [0.3, 0.4) is 0 Å². The zero-order valence-corrected chi connectivity index (χ0v) is 18.7. The molecule has 2 fully saturated rings. The van der Waals surface area contributed by atoms with Gasteiger partial charge in [0.1, 0.15) is 0 Å². The van der Waals surface area contributed by atoms with Crippen LogP contribution in [0, 0.1) is 18.8 Å². The van der Waals surface area contributed by atoms with Crippen LogP contribution in [0.15, 0.2) is 47.4 Å². The van der Waals surface area contributed by atoms with E-state index in [2.05, 4.69) is 4.72 Å². The fourth-order valence-electron chi connectivity index (χ4n) is 4.67. The van der Waals surface area contributed by atoms with Crippen LogP contribution < -0.4 is 4.72 Å². The molecule has 1 aliphatic carbocycles. The second-order valence-corrected chi connectivity index (χ2v) is 10.2. The molecule has 0 unspecified atom stereocenters. The Morgan fingerprint density at radius 2 is 1.65 bits per heavy atom. The molecule has 1 saturated carbocycles. The Bertz CT molecular complexity index is 1100. The molecular formula is C24H28N2O4S. The molecule has 6 nitrogen and oxygen atoms in total. The van der Waals surface area contributed by atoms with Crippen LogP contribution in [0.4, 0.5) is 5.69 Å². The Hall–Kier alpha value is -2.67. The average molecular weight is 441 g/mol. The summed E-state index contributed by atoms with van der Waals surface area (Å²) in [6.45, 7) is 3.86. The lowest BCUT2D eigenvalue weighted by Crippen LogP contribution is -2.30. The first-order valence-corrected chi connectivity index (χ1v) is 12.3. The molecular weight excluding hydrogens is 412 g/mol. The standard InChI is InChI=1S/C24H28N2O4S/c1-3-17-7-6-8-19(13-17)25-31(29,30)22-14-18(12-11-16(22)2)15-26-23(27)20-9-4-5-10-21(20)24(26)28/h6-8,11-14,20-21,25H,3-5,9-10,15H2,1-2H3/t20-,21-/m0/s1. The molecule has 164 valence electrons. The number of hydrogen-bond acceptors (Lipinski definition) is 4. The third kappa shape index (κ3) is 4.24. The molecule has 2 amide bonds. The molecule has 1 N–H and O–H groups in total. The lowest BCUT2D eigenvalue weighted by molar-refractivity contribution is -0.140. The van der Waals surface area contributed by atoms with Gasteiger partial charge in [0.25, 0.3) is 10.0 Å². The summed E-state index contributed by atoms with van der Waals surface area (Å²) in [6.07, 6.45) is 4.29. The highest BCUT2D eigenvalue weighted by atomic mass is 32.2. The van der Waals surface area contributed by atoms with Gasteiger partial charge >= 0.3 is 0 Å². The van der Waals surface area contributed by atoms with Crippen molar-refractivity contribution in [1.82, 2.24) is 4.90 Å². The van der Waals surface area contributed by atoms with Crippen molar-refractivity contribution in [3.8, 4) is 0 Å². The zero-order valence-electron chi connectivity index (χ0n) is 17.9. The Labute approximate surface area is 183 Å². The number of sulfonamides is 1. The van der Waals surface area contributed by atoms with E-state index in [1.807, 2.05) is 25.1 Å². The van der Waals surface area contributed by atoms with Gasteiger partial charge in [0.2, 0.25) is 11.8 Å². The van der Waals surface area contributed by atoms with Gasteiger partial charge in [-0.05, 0) is 61.1 Å². The number of rotatable bonds is 6. The van der Waals surface area contributed by atoms with Crippen LogP contribution in [0.1, 0.15) is 49.3 Å². The van der Waals surface area contributed by atoms with Gasteiger partial charge in [-0.1, -0.05) is 44.0 Å². The summed E-state index contributed by atoms with van der Waals surface area (Å²) in [7, 11) is -3.81. The fraction of sp³-hybridized carbons (Fsp3) is 0.417. The number of fused-ring (bicyclic) bond motifs is 1. The van der Waals surface area contributed by atoms with Crippen molar-refractivity contribution < 1.29 is 18.0 Å². The summed E-state index contributed by atoms with van der Waals surface area (Å²) in [5, 5.41) is 0. The second-order valence-electron chi connectivity index (χ2n) is 8.52. The molecule has 2 aliphatic rings. The lowest BCUT2D eigenvalue weighted by Gasteiger charge is -2.19. The monoisotopic (exact) mass is 440 g/mol. The molecule has 2 aromatic rings. The van der Waals surface area contributed by atoms with Gasteiger partial charge in [-0.15, -0.1) is 0 Å². The van der Waals surface area contributed by atoms with Gasteiger partial charge < -0.3 is 0 Å². The summed E-state index contributed by atoms with van der Waals surface area (Å²) in [5.74, 6) is -0.645. The van der Waals surface area contributed by atoms with Crippen molar-refractivity contribution in [3.63, 3.8) is 0 Å². The number of anilines is 1. The molecule has 1 saturated heterocycles. The van der Waals surface area contributed by atoms with Crippen molar-refractivity contribution in [2.24, 2.45) is 11.8 Å². The molecule has 2 aromatic carbocycles. The van der Waals surface area contributed by atoms with Crippen molar-refractivity contribution >= 4 is 27.5 Å². The lowest BCUT2D eigenvalue weighted by atomic mass is 9.81. The summed E-state index contributed by atoms with van der Waals surface area (Å²) >= 11 is 0. The van der Waals surface area contributed by atoms with E-state index in [9.17, 15) is 18.0 Å². The number of nitrogens with one attached hydrogen (secondary N) is 1. The highest BCUT2D eigenvalue weighted by molar-refractivity contribution is 7.92. The average Bonchev–Trinajstić information content (AvgIpc) is 3.00. The summed E-state index contributed by atoms with van der Waals surface area (Å²) in [5.41, 5.74) is 2.79. The molecule has 2 atom stereocenters. The zero-order chi connectivity index (χ0) is 22.2. The Balaban J connectivity index is 1.58. The van der Waals surface area contributed by atoms with Crippen molar-refractivity contribution in [2.75, 3.05) is 4.72 Å². The third-order valence-electron chi connectivity index (χ3n) is 6.40. The Kier molecular flexibility index (Phi) is 5.88. The number of nitrogens with zero attached hydrogens (tertiary/aromatic N) is 1. The Morgan fingerprint density at radius 3 is 2.29 bits per heavy atom. The molecule has 0 aromatic heterocycles. The first-order chi connectivity index (χ1) is 14.8. The van der Waals surface area contributed by atoms with Gasteiger partial charge in [0, 0.05) is 5.69 Å². The molecule has 0 spiro atoms. The number of aryl methyl sites for hydroxylation is 2. The van der Waals surface area contributed by atoms with E-state index in [1.54, 1.807) is 31.2 Å². The topological polar surface area (TPSA) is 83.6 Å².